The Morgan fingerprint density at radius 1 is 0.939 bits per heavy atom. The molecule has 1 heterocycles. The minimum absolute atomic E-state index is 0.0438. The van der Waals surface area contributed by atoms with Crippen LogP contribution in [0.3, 0.4) is 0 Å². The number of oxime groups is 1. The number of carbonyl (C=O) groups excluding carboxylic acids is 1. The van der Waals surface area contributed by atoms with Crippen LogP contribution < -0.4 is 5.73 Å². The summed E-state index contributed by atoms with van der Waals surface area (Å²) in [5, 5.41) is 8.96. The fourth-order valence-corrected chi connectivity index (χ4v) is 6.83. The third-order valence-electron chi connectivity index (χ3n) is 7.79. The Balaban J connectivity index is 1.37. The summed E-state index contributed by atoms with van der Waals surface area (Å²) in [5.74, 6) is 1.91. The topological polar surface area (TPSA) is 82.5 Å². The highest BCUT2D eigenvalue weighted by atomic mass is 16.7. The van der Waals surface area contributed by atoms with Gasteiger partial charge in [-0.05, 0) is 68.4 Å². The molecule has 0 aliphatic heterocycles. The van der Waals surface area contributed by atoms with Crippen LogP contribution in [0.1, 0.15) is 60.1 Å². The van der Waals surface area contributed by atoms with E-state index in [0.29, 0.717) is 11.1 Å². The molecule has 2 aromatic carbocycles. The standard InChI is InChI=1S/C27H28N4O2/c28-25(21-7-3-1-4-8-21)30-33-26(32)23-17-31(22-9-5-2-6-10-22)29-24(23)27-14-18-11-19(15-27)13-20(12-18)16-27/h1-10,17-20H,11-16H2,(H2,28,30). The first kappa shape index (κ1) is 20.2. The molecule has 7 rings (SSSR count). The number of carbonyl (C=O) groups is 1. The van der Waals surface area contributed by atoms with Crippen molar-refractivity contribution in [2.24, 2.45) is 28.6 Å². The van der Waals surface area contributed by atoms with E-state index in [1.54, 1.807) is 6.20 Å². The van der Waals surface area contributed by atoms with E-state index in [4.69, 9.17) is 15.7 Å². The van der Waals surface area contributed by atoms with Gasteiger partial charge >= 0.3 is 5.97 Å². The van der Waals surface area contributed by atoms with Crippen molar-refractivity contribution in [2.75, 3.05) is 0 Å². The van der Waals surface area contributed by atoms with Gasteiger partial charge in [-0.1, -0.05) is 53.7 Å². The molecule has 4 bridgehead atoms. The first-order valence-corrected chi connectivity index (χ1v) is 11.9. The van der Waals surface area contributed by atoms with Crippen LogP contribution in [0.15, 0.2) is 72.0 Å². The molecule has 2 N–H and O–H groups in total. The van der Waals surface area contributed by atoms with Gasteiger partial charge in [-0.2, -0.15) is 5.10 Å². The maximum absolute atomic E-state index is 13.3. The molecule has 4 aliphatic rings. The largest absolute Gasteiger partial charge is 0.380 e. The fraction of sp³-hybridized carbons (Fsp3) is 0.370. The van der Waals surface area contributed by atoms with Gasteiger partial charge in [-0.15, -0.1) is 0 Å². The van der Waals surface area contributed by atoms with E-state index >= 15 is 0 Å². The lowest BCUT2D eigenvalue weighted by atomic mass is 9.48. The van der Waals surface area contributed by atoms with Crippen molar-refractivity contribution in [1.82, 2.24) is 9.78 Å². The SMILES string of the molecule is N/C(=N\OC(=O)c1cn(-c2ccccc2)nc1C12CC3CC(CC(C3)C1)C2)c1ccccc1. The van der Waals surface area contributed by atoms with Crippen molar-refractivity contribution in [3.63, 3.8) is 0 Å². The predicted molar refractivity (Wildman–Crippen MR) is 126 cm³/mol. The summed E-state index contributed by atoms with van der Waals surface area (Å²) in [6.07, 6.45) is 9.13. The monoisotopic (exact) mass is 440 g/mol. The van der Waals surface area contributed by atoms with Gasteiger partial charge in [0.05, 0.1) is 11.4 Å². The Morgan fingerprint density at radius 2 is 1.52 bits per heavy atom. The summed E-state index contributed by atoms with van der Waals surface area (Å²) in [4.78, 5) is 18.7. The predicted octanol–water partition coefficient (Wildman–Crippen LogP) is 4.82. The highest BCUT2D eigenvalue weighted by Gasteiger charge is 2.54. The summed E-state index contributed by atoms with van der Waals surface area (Å²) < 4.78 is 1.81. The molecule has 1 aromatic heterocycles. The van der Waals surface area contributed by atoms with E-state index < -0.39 is 5.97 Å². The van der Waals surface area contributed by atoms with Crippen LogP contribution in [0, 0.1) is 17.8 Å². The molecule has 0 unspecified atom stereocenters. The van der Waals surface area contributed by atoms with Gasteiger partial charge in [0, 0.05) is 17.2 Å². The van der Waals surface area contributed by atoms with Crippen LogP contribution >= 0.6 is 0 Å². The van der Waals surface area contributed by atoms with Crippen molar-refractivity contribution in [3.8, 4) is 5.69 Å². The van der Waals surface area contributed by atoms with Gasteiger partial charge in [-0.25, -0.2) is 9.48 Å². The first-order valence-electron chi connectivity index (χ1n) is 11.9. The van der Waals surface area contributed by atoms with E-state index in [-0.39, 0.29) is 11.3 Å². The van der Waals surface area contributed by atoms with E-state index in [9.17, 15) is 4.79 Å². The lowest BCUT2D eigenvalue weighted by Gasteiger charge is -2.56. The molecule has 4 saturated carbocycles. The average molecular weight is 441 g/mol. The zero-order chi connectivity index (χ0) is 22.4. The van der Waals surface area contributed by atoms with Gasteiger partial charge in [-0.3, -0.25) is 0 Å². The molecular weight excluding hydrogens is 412 g/mol. The highest BCUT2D eigenvalue weighted by molar-refractivity contribution is 5.98. The molecule has 0 amide bonds. The van der Waals surface area contributed by atoms with E-state index in [2.05, 4.69) is 5.16 Å². The number of hydrogen-bond acceptors (Lipinski definition) is 4. The van der Waals surface area contributed by atoms with Crippen molar-refractivity contribution >= 4 is 11.8 Å². The molecule has 168 valence electrons. The molecular formula is C27H28N4O2. The van der Waals surface area contributed by atoms with Crippen molar-refractivity contribution in [1.29, 1.82) is 0 Å². The molecule has 4 fully saturated rings. The number of hydrogen-bond donors (Lipinski definition) is 1. The average Bonchev–Trinajstić information content (AvgIpc) is 3.29. The molecule has 0 spiro atoms. The molecule has 0 atom stereocenters. The molecule has 0 saturated heterocycles. The third kappa shape index (κ3) is 3.63. The Hall–Kier alpha value is -3.41. The summed E-state index contributed by atoms with van der Waals surface area (Å²) in [6.45, 7) is 0. The van der Waals surface area contributed by atoms with Crippen molar-refractivity contribution in [2.45, 2.75) is 43.9 Å². The number of para-hydroxylation sites is 1. The first-order chi connectivity index (χ1) is 16.1. The Kier molecular flexibility index (Phi) is 4.82. The second-order valence-electron chi connectivity index (χ2n) is 10.1. The molecule has 6 heteroatoms. The number of nitrogens with two attached hydrogens (primary N) is 1. The molecule has 6 nitrogen and oxygen atoms in total. The number of benzene rings is 2. The molecule has 4 aliphatic carbocycles. The normalized spacial score (nSPS) is 28.1. The summed E-state index contributed by atoms with van der Waals surface area (Å²) in [7, 11) is 0. The third-order valence-corrected chi connectivity index (χ3v) is 7.79. The van der Waals surface area contributed by atoms with E-state index in [0.717, 1.165) is 48.4 Å². The number of nitrogens with zero attached hydrogens (tertiary/aromatic N) is 3. The minimum atomic E-state index is -0.498. The Morgan fingerprint density at radius 3 is 2.12 bits per heavy atom. The van der Waals surface area contributed by atoms with Gasteiger partial charge in [0.2, 0.25) is 0 Å². The van der Waals surface area contributed by atoms with Crippen LogP contribution in [-0.2, 0) is 10.3 Å². The maximum atomic E-state index is 13.3. The smallest absolute Gasteiger partial charge is 0.369 e. The van der Waals surface area contributed by atoms with Crippen molar-refractivity contribution < 1.29 is 9.63 Å². The van der Waals surface area contributed by atoms with Crippen molar-refractivity contribution in [3.05, 3.63) is 83.7 Å². The Labute approximate surface area is 193 Å². The highest BCUT2D eigenvalue weighted by Crippen LogP contribution is 2.60. The number of aromatic nitrogens is 2. The lowest BCUT2D eigenvalue weighted by Crippen LogP contribution is -2.49. The molecule has 0 radical (unpaired) electrons. The van der Waals surface area contributed by atoms with Crippen LogP contribution in [0.2, 0.25) is 0 Å². The second kappa shape index (κ2) is 7.87. The zero-order valence-electron chi connectivity index (χ0n) is 18.6. The Bertz CT molecular complexity index is 1160. The maximum Gasteiger partial charge on any atom is 0.369 e. The van der Waals surface area contributed by atoms with Gasteiger partial charge < -0.3 is 10.6 Å². The molecule has 3 aromatic rings. The van der Waals surface area contributed by atoms with Crippen LogP contribution in [0.25, 0.3) is 5.69 Å². The van der Waals surface area contributed by atoms with E-state index in [1.807, 2.05) is 65.3 Å². The van der Waals surface area contributed by atoms with Crippen LogP contribution in [0.5, 0.6) is 0 Å². The van der Waals surface area contributed by atoms with Gasteiger partial charge in [0.15, 0.2) is 5.84 Å². The number of amidine groups is 1. The lowest BCUT2D eigenvalue weighted by molar-refractivity contribution is -0.00818. The molecule has 33 heavy (non-hydrogen) atoms. The van der Waals surface area contributed by atoms with E-state index in [1.165, 1.54) is 19.3 Å². The zero-order valence-corrected chi connectivity index (χ0v) is 18.6. The fourth-order valence-electron chi connectivity index (χ4n) is 6.83. The quantitative estimate of drug-likeness (QED) is 0.267. The van der Waals surface area contributed by atoms with Crippen LogP contribution in [0.4, 0.5) is 0 Å². The van der Waals surface area contributed by atoms with Crippen LogP contribution in [-0.4, -0.2) is 21.6 Å². The minimum Gasteiger partial charge on any atom is -0.380 e. The summed E-state index contributed by atoms with van der Waals surface area (Å²) >= 11 is 0. The number of rotatable bonds is 5. The van der Waals surface area contributed by atoms with Gasteiger partial charge in [0.1, 0.15) is 5.56 Å². The summed E-state index contributed by atoms with van der Waals surface area (Å²) in [6, 6.07) is 19.2. The second-order valence-corrected chi connectivity index (χ2v) is 10.1. The van der Waals surface area contributed by atoms with Gasteiger partial charge in [0.25, 0.3) is 0 Å². The summed E-state index contributed by atoms with van der Waals surface area (Å²) in [5.41, 5.74) is 9.03.